The average Bonchev–Trinajstić information content (AvgIpc) is 3.83. The smallest absolute Gasteiger partial charge is 0.202 e. The Labute approximate surface area is 286 Å². The van der Waals surface area contributed by atoms with Gasteiger partial charge in [-0.25, -0.2) is 0 Å². The van der Waals surface area contributed by atoms with Crippen molar-refractivity contribution in [3.8, 4) is 11.1 Å². The van der Waals surface area contributed by atoms with Crippen molar-refractivity contribution in [3.63, 3.8) is 0 Å². The lowest BCUT2D eigenvalue weighted by Crippen LogP contribution is -2.41. The number of fused-ring (bicyclic) bond motifs is 10. The topological polar surface area (TPSA) is 59.4 Å². The molecule has 10 aromatic rings. The van der Waals surface area contributed by atoms with Crippen molar-refractivity contribution in [2.24, 2.45) is 0 Å². The van der Waals surface area contributed by atoms with Gasteiger partial charge in [0.05, 0.1) is 16.6 Å². The number of furan rings is 2. The molecule has 0 spiro atoms. The minimum absolute atomic E-state index is 0.190. The van der Waals surface area contributed by atoms with Gasteiger partial charge in [0, 0.05) is 39.3 Å². The predicted molar refractivity (Wildman–Crippen MR) is 202 cm³/mol. The van der Waals surface area contributed by atoms with Gasteiger partial charge in [-0.05, 0) is 89.1 Å². The highest BCUT2D eigenvalue weighted by atomic mass is 16.4. The van der Waals surface area contributed by atoms with E-state index in [2.05, 4.69) is 136 Å². The van der Waals surface area contributed by atoms with Crippen LogP contribution in [0.1, 0.15) is 23.5 Å². The molecule has 6 heteroatoms. The maximum Gasteiger partial charge on any atom is 0.202 e. The SMILES string of the molecule is CN1C(c2ccc3oc4ccccc4c3c2)Nc2oc3cc(-c4ccncc4)ccc3c2C1n1c2ccccc2c2cc3ccccc3cc21. The quantitative estimate of drug-likeness (QED) is 0.207. The van der Waals surface area contributed by atoms with Gasteiger partial charge in [-0.3, -0.25) is 9.88 Å². The van der Waals surface area contributed by atoms with E-state index in [9.17, 15) is 0 Å². The number of hydrogen-bond donors (Lipinski definition) is 1. The molecule has 6 aromatic carbocycles. The summed E-state index contributed by atoms with van der Waals surface area (Å²) in [4.78, 5) is 6.67. The second-order valence-electron chi connectivity index (χ2n) is 13.3. The summed E-state index contributed by atoms with van der Waals surface area (Å²) in [5.41, 5.74) is 9.43. The first kappa shape index (κ1) is 27.6. The maximum atomic E-state index is 6.83. The van der Waals surface area contributed by atoms with E-state index in [0.29, 0.717) is 0 Å². The van der Waals surface area contributed by atoms with Gasteiger partial charge in [0.15, 0.2) is 0 Å². The molecule has 0 saturated heterocycles. The first-order chi connectivity index (χ1) is 24.7. The van der Waals surface area contributed by atoms with Gasteiger partial charge in [-0.2, -0.15) is 0 Å². The van der Waals surface area contributed by atoms with E-state index in [1.165, 1.54) is 32.6 Å². The second kappa shape index (κ2) is 10.3. The summed E-state index contributed by atoms with van der Waals surface area (Å²) in [6.07, 6.45) is 3.28. The van der Waals surface area contributed by atoms with Crippen molar-refractivity contribution < 1.29 is 8.83 Å². The van der Waals surface area contributed by atoms with Crippen LogP contribution in [0.15, 0.2) is 155 Å². The molecular formula is C44H30N4O2. The number of hydrogen-bond acceptors (Lipinski definition) is 5. The summed E-state index contributed by atoms with van der Waals surface area (Å²) in [5, 5.41) is 12.1. The van der Waals surface area contributed by atoms with Gasteiger partial charge in [0.1, 0.15) is 29.1 Å². The van der Waals surface area contributed by atoms with Gasteiger partial charge in [0.25, 0.3) is 0 Å². The Balaban J connectivity index is 1.18. The second-order valence-corrected chi connectivity index (χ2v) is 13.3. The zero-order chi connectivity index (χ0) is 32.9. The first-order valence-electron chi connectivity index (χ1n) is 17.0. The maximum absolute atomic E-state index is 6.83. The van der Waals surface area contributed by atoms with Crippen LogP contribution in [0, 0.1) is 0 Å². The van der Waals surface area contributed by atoms with E-state index in [-0.39, 0.29) is 12.3 Å². The number of anilines is 1. The van der Waals surface area contributed by atoms with Crippen LogP contribution in [0.25, 0.3) is 76.6 Å². The fourth-order valence-corrected chi connectivity index (χ4v) is 8.27. The summed E-state index contributed by atoms with van der Waals surface area (Å²) in [5.74, 6) is 0.781. The molecule has 1 aliphatic rings. The number of benzene rings is 6. The van der Waals surface area contributed by atoms with Crippen molar-refractivity contribution in [2.75, 3.05) is 12.4 Å². The molecule has 2 atom stereocenters. The van der Waals surface area contributed by atoms with Crippen molar-refractivity contribution >= 4 is 71.4 Å². The molecular weight excluding hydrogens is 617 g/mol. The lowest BCUT2D eigenvalue weighted by Gasteiger charge is -2.41. The number of pyridine rings is 1. The van der Waals surface area contributed by atoms with Crippen LogP contribution < -0.4 is 5.32 Å². The predicted octanol–water partition coefficient (Wildman–Crippen LogP) is 11.3. The third-order valence-corrected chi connectivity index (χ3v) is 10.6. The standard InChI is InChI=1S/C44H30N4O2/c1-47-42(30-15-17-39-35(23-30)32-11-5-7-13-38(32)49-39)46-43-41(33-16-14-29(25-40(33)50-43)26-18-20-45-21-19-26)44(47)48-36-12-6-4-10-31(36)34-22-27-8-2-3-9-28(27)24-37(34)48/h2-25,42,44,46H,1H3. The van der Waals surface area contributed by atoms with Gasteiger partial charge < -0.3 is 18.7 Å². The molecule has 1 N–H and O–H groups in total. The molecule has 0 saturated carbocycles. The van der Waals surface area contributed by atoms with Crippen LogP contribution >= 0.6 is 0 Å². The summed E-state index contributed by atoms with van der Waals surface area (Å²) in [7, 11) is 2.22. The molecule has 50 heavy (non-hydrogen) atoms. The van der Waals surface area contributed by atoms with Crippen LogP contribution in [-0.2, 0) is 0 Å². The third kappa shape index (κ3) is 3.91. The fraction of sp³-hybridized carbons (Fsp3) is 0.0682. The molecule has 4 aromatic heterocycles. The highest BCUT2D eigenvalue weighted by Crippen LogP contribution is 2.49. The van der Waals surface area contributed by atoms with E-state index < -0.39 is 0 Å². The van der Waals surface area contributed by atoms with Gasteiger partial charge in [-0.15, -0.1) is 0 Å². The van der Waals surface area contributed by atoms with E-state index in [1.807, 2.05) is 36.7 Å². The van der Waals surface area contributed by atoms with Crippen molar-refractivity contribution in [2.45, 2.75) is 12.3 Å². The van der Waals surface area contributed by atoms with Gasteiger partial charge in [-0.1, -0.05) is 78.9 Å². The van der Waals surface area contributed by atoms with Crippen molar-refractivity contribution in [1.29, 1.82) is 0 Å². The molecule has 0 radical (unpaired) electrons. The van der Waals surface area contributed by atoms with E-state index in [4.69, 9.17) is 8.83 Å². The number of rotatable bonds is 3. The summed E-state index contributed by atoms with van der Waals surface area (Å²) < 4.78 is 15.6. The lowest BCUT2D eigenvalue weighted by atomic mass is 9.99. The van der Waals surface area contributed by atoms with Gasteiger partial charge >= 0.3 is 0 Å². The van der Waals surface area contributed by atoms with Gasteiger partial charge in [0.2, 0.25) is 5.88 Å². The van der Waals surface area contributed by atoms with E-state index >= 15 is 0 Å². The average molecular weight is 647 g/mol. The highest BCUT2D eigenvalue weighted by molar-refractivity contribution is 6.13. The molecule has 5 heterocycles. The molecule has 0 aliphatic carbocycles. The molecule has 1 aliphatic heterocycles. The minimum Gasteiger partial charge on any atom is -0.456 e. The van der Waals surface area contributed by atoms with Crippen molar-refractivity contribution in [3.05, 3.63) is 157 Å². The first-order valence-corrected chi connectivity index (χ1v) is 17.0. The Kier molecular flexibility index (Phi) is 5.69. The van der Waals surface area contributed by atoms with Crippen LogP contribution in [0.5, 0.6) is 0 Å². The van der Waals surface area contributed by atoms with Crippen LogP contribution in [0.4, 0.5) is 5.88 Å². The van der Waals surface area contributed by atoms with E-state index in [1.54, 1.807) is 0 Å². The van der Waals surface area contributed by atoms with Crippen LogP contribution in [0.3, 0.4) is 0 Å². The molecule has 11 rings (SSSR count). The summed E-state index contributed by atoms with van der Waals surface area (Å²) >= 11 is 0. The largest absolute Gasteiger partial charge is 0.456 e. The zero-order valence-corrected chi connectivity index (χ0v) is 27.2. The number of nitrogens with zero attached hydrogens (tertiary/aromatic N) is 3. The number of nitrogens with one attached hydrogen (secondary N) is 1. The summed E-state index contributed by atoms with van der Waals surface area (Å²) in [6.45, 7) is 0. The molecule has 0 bridgehead atoms. The summed E-state index contributed by atoms with van der Waals surface area (Å²) in [6, 6.07) is 47.5. The monoisotopic (exact) mass is 646 g/mol. The number of aromatic nitrogens is 2. The Hall–Kier alpha value is -6.37. The molecule has 238 valence electrons. The Morgan fingerprint density at radius 2 is 1.32 bits per heavy atom. The minimum atomic E-state index is -0.192. The normalized spacial score (nSPS) is 16.6. The molecule has 0 fully saturated rings. The number of para-hydroxylation sites is 2. The van der Waals surface area contributed by atoms with E-state index in [0.717, 1.165) is 61.0 Å². The third-order valence-electron chi connectivity index (χ3n) is 10.6. The Morgan fingerprint density at radius 1 is 0.560 bits per heavy atom. The Bertz CT molecular complexity index is 2950. The molecule has 2 unspecified atom stereocenters. The molecule has 0 amide bonds. The Morgan fingerprint density at radius 3 is 2.20 bits per heavy atom. The fourth-order valence-electron chi connectivity index (χ4n) is 8.27. The van der Waals surface area contributed by atoms with Crippen LogP contribution in [0.2, 0.25) is 0 Å². The zero-order valence-electron chi connectivity index (χ0n) is 27.2. The lowest BCUT2D eigenvalue weighted by molar-refractivity contribution is 0.160. The van der Waals surface area contributed by atoms with Crippen LogP contribution in [-0.4, -0.2) is 21.5 Å². The molecule has 6 nitrogen and oxygen atoms in total. The highest BCUT2D eigenvalue weighted by Gasteiger charge is 2.39. The van der Waals surface area contributed by atoms with Crippen molar-refractivity contribution in [1.82, 2.24) is 14.5 Å².